The number of carboxylic acids is 1. The molecule has 0 aliphatic heterocycles. The van der Waals surface area contributed by atoms with Gasteiger partial charge < -0.3 is 16.2 Å². The van der Waals surface area contributed by atoms with Gasteiger partial charge in [-0.15, -0.1) is 0 Å². The Kier molecular flexibility index (Phi) is 3.75. The minimum Gasteiger partial charge on any atom is -0.480 e. The highest BCUT2D eigenvalue weighted by atomic mass is 16.4. The summed E-state index contributed by atoms with van der Waals surface area (Å²) in [6.45, 7) is 2.90. The fourth-order valence-corrected chi connectivity index (χ4v) is 0.596. The molecule has 0 aliphatic rings. The van der Waals surface area contributed by atoms with Gasteiger partial charge in [0.2, 0.25) is 11.8 Å². The second-order valence-electron chi connectivity index (χ2n) is 2.13. The molecule has 0 fully saturated rings. The fraction of sp³-hybridized carbons (Fsp3) is 0.333. The molecule has 0 bridgehead atoms. The maximum atomic E-state index is 10.3. The van der Waals surface area contributed by atoms with E-state index in [0.717, 1.165) is 0 Å². The largest absolute Gasteiger partial charge is 0.480 e. The number of primary amides is 1. The molecule has 0 spiro atoms. The third kappa shape index (κ3) is 4.26. The third-order valence-electron chi connectivity index (χ3n) is 1.04. The first kappa shape index (κ1) is 10.4. The van der Waals surface area contributed by atoms with E-state index in [1.165, 1.54) is 0 Å². The van der Waals surface area contributed by atoms with E-state index < -0.39 is 30.2 Å². The first-order valence-corrected chi connectivity index (χ1v) is 3.07. The number of nitrogens with two attached hydrogens (primary N) is 1. The van der Waals surface area contributed by atoms with Crippen molar-refractivity contribution in [3.05, 3.63) is 6.92 Å². The zero-order valence-electron chi connectivity index (χ0n) is 6.24. The Labute approximate surface area is 68.7 Å². The lowest BCUT2D eigenvalue weighted by Gasteiger charge is -2.09. The number of rotatable bonds is 4. The van der Waals surface area contributed by atoms with Crippen LogP contribution in [0.25, 0.3) is 0 Å². The number of aliphatic carboxylic acids is 1. The van der Waals surface area contributed by atoms with E-state index in [9.17, 15) is 14.4 Å². The van der Waals surface area contributed by atoms with Crippen LogP contribution in [0.1, 0.15) is 6.42 Å². The molecule has 1 unspecified atom stereocenters. The molecule has 67 valence electrons. The van der Waals surface area contributed by atoms with E-state index >= 15 is 0 Å². The van der Waals surface area contributed by atoms with E-state index in [0.29, 0.717) is 0 Å². The summed E-state index contributed by atoms with van der Waals surface area (Å²) in [5.41, 5.74) is 4.73. The van der Waals surface area contributed by atoms with Gasteiger partial charge in [0.25, 0.3) is 0 Å². The van der Waals surface area contributed by atoms with Crippen LogP contribution in [0.3, 0.4) is 0 Å². The minimum atomic E-state index is -1.31. The van der Waals surface area contributed by atoms with Gasteiger partial charge in [0.05, 0.1) is 6.42 Å². The highest BCUT2D eigenvalue weighted by Gasteiger charge is 2.20. The lowest BCUT2D eigenvalue weighted by atomic mass is 10.2. The summed E-state index contributed by atoms with van der Waals surface area (Å²) in [7, 11) is 0. The van der Waals surface area contributed by atoms with Gasteiger partial charge >= 0.3 is 5.97 Å². The third-order valence-corrected chi connectivity index (χ3v) is 1.04. The quantitative estimate of drug-likeness (QED) is 0.469. The molecule has 0 saturated heterocycles. The summed E-state index contributed by atoms with van der Waals surface area (Å²) < 4.78 is 0. The molecule has 0 aromatic rings. The first-order valence-electron chi connectivity index (χ1n) is 3.07. The van der Waals surface area contributed by atoms with Gasteiger partial charge in [-0.1, -0.05) is 0 Å². The van der Waals surface area contributed by atoms with E-state index in [1.807, 2.05) is 5.32 Å². The van der Waals surface area contributed by atoms with E-state index in [-0.39, 0.29) is 0 Å². The fourth-order valence-electron chi connectivity index (χ4n) is 0.596. The SMILES string of the molecule is [CH2]C(=O)NC(CC(N)=O)C(=O)O. The highest BCUT2D eigenvalue weighted by Crippen LogP contribution is 1.90. The van der Waals surface area contributed by atoms with Gasteiger partial charge in [-0.05, 0) is 0 Å². The zero-order chi connectivity index (χ0) is 9.72. The van der Waals surface area contributed by atoms with Gasteiger partial charge in [-0.3, -0.25) is 9.59 Å². The predicted molar refractivity (Wildman–Crippen MR) is 38.7 cm³/mol. The van der Waals surface area contributed by atoms with Gasteiger partial charge in [0.15, 0.2) is 0 Å². The molecule has 0 saturated carbocycles. The summed E-state index contributed by atoms with van der Waals surface area (Å²) >= 11 is 0. The molecule has 6 heteroatoms. The first-order chi connectivity index (χ1) is 5.43. The molecule has 1 radical (unpaired) electrons. The predicted octanol–water partition coefficient (Wildman–Crippen LogP) is -1.73. The van der Waals surface area contributed by atoms with Crippen molar-refractivity contribution in [3.63, 3.8) is 0 Å². The second-order valence-corrected chi connectivity index (χ2v) is 2.13. The van der Waals surface area contributed by atoms with Crippen molar-refractivity contribution < 1.29 is 19.5 Å². The topological polar surface area (TPSA) is 109 Å². The molecular weight excluding hydrogens is 164 g/mol. The van der Waals surface area contributed by atoms with Gasteiger partial charge in [0, 0.05) is 6.92 Å². The van der Waals surface area contributed by atoms with Crippen LogP contribution in [0.4, 0.5) is 0 Å². The Morgan fingerprint density at radius 3 is 2.25 bits per heavy atom. The number of carbonyl (C=O) groups excluding carboxylic acids is 2. The van der Waals surface area contributed by atoms with Gasteiger partial charge in [-0.2, -0.15) is 0 Å². The molecule has 0 aliphatic carbocycles. The van der Waals surface area contributed by atoms with Crippen LogP contribution in [-0.4, -0.2) is 28.9 Å². The molecule has 12 heavy (non-hydrogen) atoms. The van der Waals surface area contributed by atoms with Crippen molar-refractivity contribution in [2.75, 3.05) is 0 Å². The number of hydrogen-bond acceptors (Lipinski definition) is 3. The normalized spacial score (nSPS) is 11.8. The molecule has 0 aromatic heterocycles. The van der Waals surface area contributed by atoms with Crippen molar-refractivity contribution in [2.45, 2.75) is 12.5 Å². The summed E-state index contributed by atoms with van der Waals surface area (Å²) in [6, 6.07) is -1.28. The molecule has 6 nitrogen and oxygen atoms in total. The van der Waals surface area contributed by atoms with Crippen LogP contribution in [0.2, 0.25) is 0 Å². The van der Waals surface area contributed by atoms with Crippen molar-refractivity contribution in [1.29, 1.82) is 0 Å². The number of amides is 2. The Bertz CT molecular complexity index is 198. The van der Waals surface area contributed by atoms with Crippen LogP contribution in [0, 0.1) is 6.92 Å². The summed E-state index contributed by atoms with van der Waals surface area (Å²) in [5, 5.41) is 10.4. The molecule has 2 amide bonds. The molecule has 0 aromatic carbocycles. The number of nitrogens with one attached hydrogen (secondary N) is 1. The Morgan fingerprint density at radius 2 is 2.00 bits per heavy atom. The average Bonchev–Trinajstić information content (AvgIpc) is 1.83. The lowest BCUT2D eigenvalue weighted by Crippen LogP contribution is -2.42. The van der Waals surface area contributed by atoms with Gasteiger partial charge in [-0.25, -0.2) is 4.79 Å². The molecule has 1 atom stereocenters. The smallest absolute Gasteiger partial charge is 0.326 e. The standard InChI is InChI=1S/C6H9N2O4/c1-3(9)8-4(6(11)12)2-5(7)10/h4H,1-2H2,(H2,7,10)(H,8,9)(H,11,12). The maximum Gasteiger partial charge on any atom is 0.326 e. The maximum absolute atomic E-state index is 10.3. The highest BCUT2D eigenvalue weighted by molar-refractivity contribution is 5.89. The number of carbonyl (C=O) groups is 3. The summed E-state index contributed by atoms with van der Waals surface area (Å²) in [5.74, 6) is -2.87. The summed E-state index contributed by atoms with van der Waals surface area (Å²) in [4.78, 5) is 30.9. The number of hydrogen-bond donors (Lipinski definition) is 3. The van der Waals surface area contributed by atoms with E-state index in [1.54, 1.807) is 0 Å². The van der Waals surface area contributed by atoms with E-state index in [4.69, 9.17) is 10.8 Å². The van der Waals surface area contributed by atoms with Crippen LogP contribution in [0.15, 0.2) is 0 Å². The van der Waals surface area contributed by atoms with Crippen LogP contribution < -0.4 is 11.1 Å². The van der Waals surface area contributed by atoms with Crippen molar-refractivity contribution in [2.24, 2.45) is 5.73 Å². The molecule has 0 heterocycles. The molecular formula is C6H9N2O4. The van der Waals surface area contributed by atoms with E-state index in [2.05, 4.69) is 6.92 Å². The summed E-state index contributed by atoms with van der Waals surface area (Å²) in [6.07, 6.45) is -0.434. The Morgan fingerprint density at radius 1 is 1.50 bits per heavy atom. The second kappa shape index (κ2) is 4.32. The average molecular weight is 173 g/mol. The Hall–Kier alpha value is -1.59. The van der Waals surface area contributed by atoms with Crippen LogP contribution >= 0.6 is 0 Å². The molecule has 4 N–H and O–H groups in total. The monoisotopic (exact) mass is 173 g/mol. The Balaban J connectivity index is 4.14. The van der Waals surface area contributed by atoms with Crippen LogP contribution in [-0.2, 0) is 14.4 Å². The minimum absolute atomic E-state index is 0.434. The molecule has 0 rings (SSSR count). The van der Waals surface area contributed by atoms with Gasteiger partial charge in [0.1, 0.15) is 6.04 Å². The van der Waals surface area contributed by atoms with Crippen molar-refractivity contribution >= 4 is 17.8 Å². The number of carboxylic acid groups (broad SMARTS) is 1. The van der Waals surface area contributed by atoms with Crippen molar-refractivity contribution in [1.82, 2.24) is 5.32 Å². The van der Waals surface area contributed by atoms with Crippen LogP contribution in [0.5, 0.6) is 0 Å². The van der Waals surface area contributed by atoms with Crippen molar-refractivity contribution in [3.8, 4) is 0 Å². The lowest BCUT2D eigenvalue weighted by molar-refractivity contribution is -0.142. The zero-order valence-corrected chi connectivity index (χ0v) is 6.24.